The van der Waals surface area contributed by atoms with E-state index in [0.717, 1.165) is 32.4 Å². The van der Waals surface area contributed by atoms with Crippen molar-refractivity contribution in [2.75, 3.05) is 13.7 Å². The Bertz CT molecular complexity index is 447. The van der Waals surface area contributed by atoms with Gasteiger partial charge in [-0.25, -0.2) is 4.98 Å². The molecular weight excluding hydrogens is 268 g/mol. The number of carbonyl (C=O) groups is 1. The van der Waals surface area contributed by atoms with E-state index in [4.69, 9.17) is 0 Å². The molecule has 0 bridgehead atoms. The molecule has 1 amide bonds. The number of amides is 1. The molecule has 1 N–H and O–H groups in total. The van der Waals surface area contributed by atoms with E-state index in [1.54, 1.807) is 0 Å². The van der Waals surface area contributed by atoms with Crippen LogP contribution in [-0.2, 0) is 4.74 Å². The van der Waals surface area contributed by atoms with Crippen LogP contribution in [0.25, 0.3) is 0 Å². The molecule has 0 spiro atoms. The summed E-state index contributed by atoms with van der Waals surface area (Å²) < 4.78 is 55.6. The van der Waals surface area contributed by atoms with Crippen molar-refractivity contribution in [1.29, 1.82) is 0 Å². The number of aromatic nitrogens is 1. The van der Waals surface area contributed by atoms with Crippen LogP contribution in [-0.4, -0.2) is 36.3 Å². The fourth-order valence-electron chi connectivity index (χ4n) is 1.31. The van der Waals surface area contributed by atoms with E-state index in [9.17, 15) is 22.4 Å². The number of hydrogen-bond donors (Lipinski definition) is 1. The molecular formula is C11H12F4N2O2. The van der Waals surface area contributed by atoms with Gasteiger partial charge in [-0.2, -0.15) is 17.6 Å². The smallest absolute Gasteiger partial charge is 0.382 e. The first-order valence-corrected chi connectivity index (χ1v) is 5.19. The van der Waals surface area contributed by atoms with Gasteiger partial charge in [-0.1, -0.05) is 0 Å². The van der Waals surface area contributed by atoms with Gasteiger partial charge in [0.15, 0.2) is 5.54 Å². The average molecular weight is 280 g/mol. The van der Waals surface area contributed by atoms with Crippen LogP contribution in [0.3, 0.4) is 0 Å². The standard InChI is InChI=1S/C11H12F4N2O2/c1-10(6-19-2,11(13,14)15)17-9(18)7-3-4-8(12)16-5-7/h3-5H,6H2,1-2H3,(H,17,18)/t10-/m0/s1. The van der Waals surface area contributed by atoms with E-state index in [1.165, 1.54) is 0 Å². The van der Waals surface area contributed by atoms with E-state index in [2.05, 4.69) is 9.72 Å². The zero-order valence-corrected chi connectivity index (χ0v) is 10.2. The van der Waals surface area contributed by atoms with E-state index in [-0.39, 0.29) is 5.56 Å². The molecule has 0 saturated heterocycles. The molecule has 1 rings (SSSR count). The molecule has 0 fully saturated rings. The van der Waals surface area contributed by atoms with Gasteiger partial charge in [0.05, 0.1) is 12.2 Å². The summed E-state index contributed by atoms with van der Waals surface area (Å²) in [6.07, 6.45) is -3.83. The third-order valence-corrected chi connectivity index (χ3v) is 2.44. The maximum absolute atomic E-state index is 12.9. The third kappa shape index (κ3) is 3.63. The Hall–Kier alpha value is -1.70. The van der Waals surface area contributed by atoms with Gasteiger partial charge in [-0.3, -0.25) is 4.79 Å². The minimum atomic E-state index is -4.69. The molecule has 0 aromatic carbocycles. The highest BCUT2D eigenvalue weighted by molar-refractivity contribution is 5.94. The van der Waals surface area contributed by atoms with E-state index in [0.29, 0.717) is 0 Å². The molecule has 1 atom stereocenters. The van der Waals surface area contributed by atoms with Gasteiger partial charge in [0.1, 0.15) is 0 Å². The van der Waals surface area contributed by atoms with Crippen molar-refractivity contribution in [2.24, 2.45) is 0 Å². The number of ether oxygens (including phenoxy) is 1. The van der Waals surface area contributed by atoms with Gasteiger partial charge in [0.25, 0.3) is 5.91 Å². The Morgan fingerprint density at radius 1 is 1.42 bits per heavy atom. The number of alkyl halides is 3. The first-order valence-electron chi connectivity index (χ1n) is 5.19. The number of nitrogens with one attached hydrogen (secondary N) is 1. The predicted octanol–water partition coefficient (Wildman–Crippen LogP) is 1.92. The Morgan fingerprint density at radius 2 is 2.05 bits per heavy atom. The molecule has 19 heavy (non-hydrogen) atoms. The molecule has 1 heterocycles. The summed E-state index contributed by atoms with van der Waals surface area (Å²) in [4.78, 5) is 14.9. The van der Waals surface area contributed by atoms with Gasteiger partial charge in [0.2, 0.25) is 5.95 Å². The summed E-state index contributed by atoms with van der Waals surface area (Å²) in [7, 11) is 1.09. The number of hydrogen-bond acceptors (Lipinski definition) is 3. The van der Waals surface area contributed by atoms with Gasteiger partial charge >= 0.3 is 6.18 Å². The molecule has 4 nitrogen and oxygen atoms in total. The Balaban J connectivity index is 2.91. The first-order chi connectivity index (χ1) is 8.69. The second-order valence-electron chi connectivity index (χ2n) is 4.09. The number of pyridine rings is 1. The van der Waals surface area contributed by atoms with Gasteiger partial charge < -0.3 is 10.1 Å². The van der Waals surface area contributed by atoms with Crippen molar-refractivity contribution in [3.05, 3.63) is 29.8 Å². The Kier molecular flexibility index (Phi) is 4.46. The lowest BCUT2D eigenvalue weighted by Crippen LogP contribution is -2.59. The maximum Gasteiger partial charge on any atom is 0.413 e. The molecule has 0 aliphatic rings. The summed E-state index contributed by atoms with van der Waals surface area (Å²) in [5, 5.41) is 1.82. The molecule has 1 aromatic rings. The van der Waals surface area contributed by atoms with Gasteiger partial charge in [-0.15, -0.1) is 0 Å². The van der Waals surface area contributed by atoms with Crippen molar-refractivity contribution in [3.8, 4) is 0 Å². The molecule has 106 valence electrons. The summed E-state index contributed by atoms with van der Waals surface area (Å²) in [5.41, 5.74) is -2.71. The van der Waals surface area contributed by atoms with Gasteiger partial charge in [-0.05, 0) is 19.1 Å². The molecule has 0 radical (unpaired) electrons. The van der Waals surface area contributed by atoms with Crippen LogP contribution in [0.5, 0.6) is 0 Å². The number of carbonyl (C=O) groups excluding carboxylic acids is 1. The number of rotatable bonds is 4. The van der Waals surface area contributed by atoms with Crippen LogP contribution in [0.4, 0.5) is 17.6 Å². The maximum atomic E-state index is 12.9. The van der Waals surface area contributed by atoms with Crippen LogP contribution < -0.4 is 5.32 Å². The molecule has 0 aliphatic heterocycles. The van der Waals surface area contributed by atoms with Crippen LogP contribution in [0.15, 0.2) is 18.3 Å². The van der Waals surface area contributed by atoms with Crippen LogP contribution in [0, 0.1) is 5.95 Å². The summed E-state index contributed by atoms with van der Waals surface area (Å²) in [6.45, 7) is 0.0578. The van der Waals surface area contributed by atoms with Crippen molar-refractivity contribution in [1.82, 2.24) is 10.3 Å². The second kappa shape index (κ2) is 5.52. The quantitative estimate of drug-likeness (QED) is 0.677. The van der Waals surface area contributed by atoms with Crippen molar-refractivity contribution >= 4 is 5.91 Å². The summed E-state index contributed by atoms with van der Waals surface area (Å²) in [6, 6.07) is 1.93. The SMILES string of the molecule is COC[C@](C)(NC(=O)c1ccc(F)nc1)C(F)(F)F. The summed E-state index contributed by atoms with van der Waals surface area (Å²) >= 11 is 0. The molecule has 0 aliphatic carbocycles. The molecule has 0 saturated carbocycles. The average Bonchev–Trinajstić information content (AvgIpc) is 2.28. The monoisotopic (exact) mass is 280 g/mol. The zero-order valence-electron chi connectivity index (χ0n) is 10.2. The van der Waals surface area contributed by atoms with Crippen LogP contribution in [0.1, 0.15) is 17.3 Å². The first kappa shape index (κ1) is 15.4. The van der Waals surface area contributed by atoms with Crippen molar-refractivity contribution in [3.63, 3.8) is 0 Å². The fraction of sp³-hybridized carbons (Fsp3) is 0.455. The topological polar surface area (TPSA) is 51.2 Å². The van der Waals surface area contributed by atoms with Gasteiger partial charge in [0, 0.05) is 13.3 Å². The highest BCUT2D eigenvalue weighted by atomic mass is 19.4. The molecule has 8 heteroatoms. The lowest BCUT2D eigenvalue weighted by atomic mass is 10.0. The highest BCUT2D eigenvalue weighted by Gasteiger charge is 2.52. The minimum absolute atomic E-state index is 0.173. The number of nitrogens with zero attached hydrogens (tertiary/aromatic N) is 1. The van der Waals surface area contributed by atoms with Crippen LogP contribution in [0.2, 0.25) is 0 Å². The second-order valence-corrected chi connectivity index (χ2v) is 4.09. The molecule has 0 unspecified atom stereocenters. The highest BCUT2D eigenvalue weighted by Crippen LogP contribution is 2.30. The van der Waals surface area contributed by atoms with E-state index in [1.807, 2.05) is 5.32 Å². The van der Waals surface area contributed by atoms with Crippen LogP contribution >= 0.6 is 0 Å². The van der Waals surface area contributed by atoms with E-state index >= 15 is 0 Å². The largest absolute Gasteiger partial charge is 0.413 e. The predicted molar refractivity (Wildman–Crippen MR) is 58.0 cm³/mol. The fourth-order valence-corrected chi connectivity index (χ4v) is 1.31. The number of methoxy groups -OCH3 is 1. The third-order valence-electron chi connectivity index (χ3n) is 2.44. The zero-order chi connectivity index (χ0) is 14.7. The lowest BCUT2D eigenvalue weighted by Gasteiger charge is -2.32. The lowest BCUT2D eigenvalue weighted by molar-refractivity contribution is -0.200. The summed E-state index contributed by atoms with van der Waals surface area (Å²) in [5.74, 6) is -1.84. The minimum Gasteiger partial charge on any atom is -0.382 e. The van der Waals surface area contributed by atoms with Crippen molar-refractivity contribution < 1.29 is 27.1 Å². The molecule has 1 aromatic heterocycles. The Labute approximate surface area is 106 Å². The normalized spacial score (nSPS) is 14.8. The van der Waals surface area contributed by atoms with E-state index < -0.39 is 30.2 Å². The Morgan fingerprint density at radius 3 is 2.47 bits per heavy atom. The number of halogens is 4. The van der Waals surface area contributed by atoms with Crippen molar-refractivity contribution in [2.45, 2.75) is 18.6 Å².